The van der Waals surface area contributed by atoms with Crippen molar-refractivity contribution >= 4 is 5.91 Å². The fraction of sp³-hybridized carbons (Fsp3) is 0.368. The molecule has 1 amide bonds. The molecule has 9 heteroatoms. The fourth-order valence-electron chi connectivity index (χ4n) is 3.05. The number of nitrogens with one attached hydrogen (secondary N) is 1. The van der Waals surface area contributed by atoms with Gasteiger partial charge in [0.15, 0.2) is 0 Å². The minimum absolute atomic E-state index is 0.105. The van der Waals surface area contributed by atoms with Crippen LogP contribution < -0.4 is 10.1 Å². The Morgan fingerprint density at radius 2 is 1.79 bits per heavy atom. The van der Waals surface area contributed by atoms with E-state index < -0.39 is 29.3 Å². The summed E-state index contributed by atoms with van der Waals surface area (Å²) in [6.07, 6.45) is -1.75. The van der Waals surface area contributed by atoms with E-state index in [1.54, 1.807) is 0 Å². The monoisotopic (exact) mass is 400 g/mol. The van der Waals surface area contributed by atoms with Crippen LogP contribution in [0.4, 0.5) is 22.0 Å². The van der Waals surface area contributed by atoms with E-state index in [4.69, 9.17) is 4.74 Å². The van der Waals surface area contributed by atoms with Crippen LogP contribution in [0.2, 0.25) is 0 Å². The molecule has 1 heterocycles. The van der Waals surface area contributed by atoms with Gasteiger partial charge >= 0.3 is 6.18 Å². The third-order valence-corrected chi connectivity index (χ3v) is 4.54. The Kier molecular flexibility index (Phi) is 5.81. The van der Waals surface area contributed by atoms with Gasteiger partial charge in [0.05, 0.1) is 11.1 Å². The Morgan fingerprint density at radius 3 is 2.36 bits per heavy atom. The molecule has 1 fully saturated rings. The molecule has 3 rings (SSSR count). The predicted molar refractivity (Wildman–Crippen MR) is 89.7 cm³/mol. The molecule has 0 aliphatic heterocycles. The highest BCUT2D eigenvalue weighted by molar-refractivity contribution is 5.94. The Balaban J connectivity index is 1.50. The Morgan fingerprint density at radius 1 is 1.07 bits per heavy atom. The van der Waals surface area contributed by atoms with Gasteiger partial charge in [-0.2, -0.15) is 13.2 Å². The van der Waals surface area contributed by atoms with Crippen molar-refractivity contribution in [3.05, 3.63) is 59.3 Å². The number of amides is 1. The molecule has 0 unspecified atom stereocenters. The van der Waals surface area contributed by atoms with E-state index in [0.717, 1.165) is 24.4 Å². The molecule has 28 heavy (non-hydrogen) atoms. The Labute approximate surface area is 157 Å². The SMILES string of the molecule is O=C(NC1CCC(Oc2ccc(C(F)(F)F)cn2)CC1)c1ccc(F)cc1F. The second-order valence-electron chi connectivity index (χ2n) is 6.57. The lowest BCUT2D eigenvalue weighted by Gasteiger charge is -2.29. The third kappa shape index (κ3) is 4.96. The highest BCUT2D eigenvalue weighted by Gasteiger charge is 2.31. The summed E-state index contributed by atoms with van der Waals surface area (Å²) in [5.41, 5.74) is -1.08. The van der Waals surface area contributed by atoms with Crippen molar-refractivity contribution in [3.8, 4) is 5.88 Å². The van der Waals surface area contributed by atoms with E-state index >= 15 is 0 Å². The van der Waals surface area contributed by atoms with Crippen LogP contribution >= 0.6 is 0 Å². The first kappa shape index (κ1) is 20.0. The molecule has 0 atom stereocenters. The van der Waals surface area contributed by atoms with Gasteiger partial charge in [0.1, 0.15) is 17.7 Å². The number of pyridine rings is 1. The minimum atomic E-state index is -4.45. The summed E-state index contributed by atoms with van der Waals surface area (Å²) >= 11 is 0. The van der Waals surface area contributed by atoms with Crippen LogP contribution in [0.1, 0.15) is 41.6 Å². The van der Waals surface area contributed by atoms with Crippen LogP contribution in [0, 0.1) is 11.6 Å². The van der Waals surface area contributed by atoms with Gasteiger partial charge in [-0.05, 0) is 43.9 Å². The zero-order valence-corrected chi connectivity index (χ0v) is 14.6. The average Bonchev–Trinajstić information content (AvgIpc) is 2.63. The normalized spacial score (nSPS) is 19.9. The molecule has 1 aliphatic rings. The Hall–Kier alpha value is -2.71. The van der Waals surface area contributed by atoms with Gasteiger partial charge in [-0.3, -0.25) is 4.79 Å². The first-order chi connectivity index (χ1) is 13.2. The molecule has 2 aromatic rings. The largest absolute Gasteiger partial charge is 0.474 e. The number of hydrogen-bond donors (Lipinski definition) is 1. The average molecular weight is 400 g/mol. The van der Waals surface area contributed by atoms with Crippen molar-refractivity contribution in [2.75, 3.05) is 0 Å². The molecule has 150 valence electrons. The summed E-state index contributed by atoms with van der Waals surface area (Å²) in [5, 5.41) is 2.71. The summed E-state index contributed by atoms with van der Waals surface area (Å²) in [6.45, 7) is 0. The van der Waals surface area contributed by atoms with Gasteiger partial charge < -0.3 is 10.1 Å². The number of benzene rings is 1. The molecule has 0 saturated heterocycles. The number of halogens is 5. The van der Waals surface area contributed by atoms with Gasteiger partial charge in [-0.15, -0.1) is 0 Å². The van der Waals surface area contributed by atoms with E-state index in [1.165, 1.54) is 6.07 Å². The maximum Gasteiger partial charge on any atom is 0.417 e. The van der Waals surface area contributed by atoms with E-state index in [0.29, 0.717) is 31.7 Å². The lowest BCUT2D eigenvalue weighted by Crippen LogP contribution is -2.40. The number of hydrogen-bond acceptors (Lipinski definition) is 3. The zero-order chi connectivity index (χ0) is 20.3. The van der Waals surface area contributed by atoms with Crippen molar-refractivity contribution in [3.63, 3.8) is 0 Å². The highest BCUT2D eigenvalue weighted by Crippen LogP contribution is 2.30. The number of alkyl halides is 3. The second kappa shape index (κ2) is 8.12. The summed E-state index contributed by atoms with van der Waals surface area (Å²) < 4.78 is 69.8. The molecule has 0 bridgehead atoms. The quantitative estimate of drug-likeness (QED) is 0.769. The maximum absolute atomic E-state index is 13.7. The van der Waals surface area contributed by atoms with Crippen molar-refractivity contribution in [1.29, 1.82) is 0 Å². The summed E-state index contributed by atoms with van der Waals surface area (Å²) in [5.74, 6) is -2.20. The highest BCUT2D eigenvalue weighted by atomic mass is 19.4. The van der Waals surface area contributed by atoms with Crippen molar-refractivity contribution in [1.82, 2.24) is 10.3 Å². The fourth-order valence-corrected chi connectivity index (χ4v) is 3.05. The number of aromatic nitrogens is 1. The summed E-state index contributed by atoms with van der Waals surface area (Å²) in [6, 6.07) is 4.64. The number of nitrogens with zero attached hydrogens (tertiary/aromatic N) is 1. The topological polar surface area (TPSA) is 51.2 Å². The summed E-state index contributed by atoms with van der Waals surface area (Å²) in [4.78, 5) is 15.8. The number of rotatable bonds is 4. The number of carbonyl (C=O) groups is 1. The maximum atomic E-state index is 13.7. The molecular formula is C19H17F5N2O2. The van der Waals surface area contributed by atoms with Gasteiger partial charge in [-0.25, -0.2) is 13.8 Å². The molecule has 1 aromatic heterocycles. The van der Waals surface area contributed by atoms with E-state index in [9.17, 15) is 26.7 Å². The van der Waals surface area contributed by atoms with Crippen molar-refractivity contribution in [2.45, 2.75) is 44.0 Å². The molecule has 4 nitrogen and oxygen atoms in total. The van der Waals surface area contributed by atoms with Crippen molar-refractivity contribution < 1.29 is 31.5 Å². The van der Waals surface area contributed by atoms with Crippen LogP contribution in [-0.4, -0.2) is 23.0 Å². The number of ether oxygens (including phenoxy) is 1. The smallest absolute Gasteiger partial charge is 0.417 e. The van der Waals surface area contributed by atoms with Crippen LogP contribution in [0.25, 0.3) is 0 Å². The third-order valence-electron chi connectivity index (χ3n) is 4.54. The minimum Gasteiger partial charge on any atom is -0.474 e. The molecule has 0 radical (unpaired) electrons. The first-order valence-electron chi connectivity index (χ1n) is 8.68. The van der Waals surface area contributed by atoms with Crippen LogP contribution in [0.3, 0.4) is 0 Å². The zero-order valence-electron chi connectivity index (χ0n) is 14.6. The van der Waals surface area contributed by atoms with Gasteiger partial charge in [0.2, 0.25) is 5.88 Å². The lowest BCUT2D eigenvalue weighted by molar-refractivity contribution is -0.137. The van der Waals surface area contributed by atoms with E-state index in [1.807, 2.05) is 0 Å². The van der Waals surface area contributed by atoms with Gasteiger partial charge in [-0.1, -0.05) is 0 Å². The molecule has 1 aromatic carbocycles. The molecule has 1 aliphatic carbocycles. The van der Waals surface area contributed by atoms with Crippen molar-refractivity contribution in [2.24, 2.45) is 0 Å². The van der Waals surface area contributed by atoms with E-state index in [2.05, 4.69) is 10.3 Å². The molecular weight excluding hydrogens is 383 g/mol. The van der Waals surface area contributed by atoms with Gasteiger partial charge in [0.25, 0.3) is 5.91 Å². The van der Waals surface area contributed by atoms with E-state index in [-0.39, 0.29) is 23.6 Å². The number of carbonyl (C=O) groups excluding carboxylic acids is 1. The Bertz CT molecular complexity index is 831. The second-order valence-corrected chi connectivity index (χ2v) is 6.57. The molecule has 1 N–H and O–H groups in total. The lowest BCUT2D eigenvalue weighted by atomic mass is 9.92. The molecule has 1 saturated carbocycles. The van der Waals surface area contributed by atoms with Gasteiger partial charge in [0, 0.05) is 24.4 Å². The van der Waals surface area contributed by atoms with Crippen LogP contribution in [0.15, 0.2) is 36.5 Å². The first-order valence-corrected chi connectivity index (χ1v) is 8.68. The van der Waals surface area contributed by atoms with Crippen LogP contribution in [-0.2, 0) is 6.18 Å². The standard InChI is InChI=1S/C19H17F5N2O2/c20-12-2-7-15(16(21)9-12)18(27)26-13-3-5-14(6-4-13)28-17-8-1-11(10-25-17)19(22,23)24/h1-2,7-10,13-14H,3-6H2,(H,26,27). The summed E-state index contributed by atoms with van der Waals surface area (Å²) in [7, 11) is 0. The van der Waals surface area contributed by atoms with Crippen LogP contribution in [0.5, 0.6) is 5.88 Å². The predicted octanol–water partition coefficient (Wildman–Crippen LogP) is 4.50. The molecule has 0 spiro atoms.